The Bertz CT molecular complexity index is 4730. The minimum Gasteiger partial charge on any atom is -0.466 e. The highest BCUT2D eigenvalue weighted by Crippen LogP contribution is 2.55. The Labute approximate surface area is 503 Å². The van der Waals surface area contributed by atoms with Crippen LogP contribution in [-0.2, 0) is 21.7 Å². The average molecular weight is 1120 g/mol. The van der Waals surface area contributed by atoms with Crippen molar-refractivity contribution >= 4 is 128 Å². The molecule has 0 unspecified atom stereocenters. The maximum absolute atomic E-state index is 7.55. The van der Waals surface area contributed by atoms with E-state index in [-0.39, 0.29) is 28.5 Å². The minimum atomic E-state index is -0.385. The zero-order valence-electron chi connectivity index (χ0n) is 50.8. The Morgan fingerprint density at radius 2 is 0.918 bits per heavy atom. The van der Waals surface area contributed by atoms with Crippen molar-refractivity contribution < 1.29 is 8.83 Å². The molecule has 2 aliphatic heterocycles. The molecular formula is C78H70BN3O2S. The predicted octanol–water partition coefficient (Wildman–Crippen LogP) is 21.7. The molecule has 15 rings (SSSR count). The second-order valence-electron chi connectivity index (χ2n) is 27.8. The van der Waals surface area contributed by atoms with Crippen LogP contribution >= 0.6 is 11.3 Å². The number of furan rings is 2. The molecule has 3 aromatic heterocycles. The van der Waals surface area contributed by atoms with Gasteiger partial charge in [0.25, 0.3) is 0 Å². The van der Waals surface area contributed by atoms with Crippen LogP contribution in [0.2, 0.25) is 0 Å². The van der Waals surface area contributed by atoms with Crippen LogP contribution in [0.4, 0.5) is 45.5 Å². The molecule has 0 aliphatic carbocycles. The van der Waals surface area contributed by atoms with E-state index in [2.05, 4.69) is 304 Å². The van der Waals surface area contributed by atoms with Gasteiger partial charge in [0.2, 0.25) is 0 Å². The van der Waals surface area contributed by atoms with E-state index in [0.717, 1.165) is 101 Å². The highest BCUT2D eigenvalue weighted by Gasteiger charge is 2.50. The van der Waals surface area contributed by atoms with Crippen LogP contribution in [0.25, 0.3) is 75.3 Å². The molecule has 0 fully saturated rings. The van der Waals surface area contributed by atoms with Gasteiger partial charge in [-0.2, -0.15) is 0 Å². The average Bonchev–Trinajstić information content (AvgIpc) is 1.70. The smallest absolute Gasteiger partial charge is 0.376 e. The Hall–Kier alpha value is -8.78. The van der Waals surface area contributed by atoms with Gasteiger partial charge >= 0.3 is 6.85 Å². The lowest BCUT2D eigenvalue weighted by atomic mass is 9.45. The maximum atomic E-state index is 7.55. The number of rotatable bonds is 6. The van der Waals surface area contributed by atoms with E-state index in [1.165, 1.54) is 53.6 Å². The summed E-state index contributed by atoms with van der Waals surface area (Å²) in [5.74, 6) is 0. The summed E-state index contributed by atoms with van der Waals surface area (Å²) in [4.78, 5) is 7.50. The summed E-state index contributed by atoms with van der Waals surface area (Å²) in [5, 5.41) is 5.67. The van der Waals surface area contributed by atoms with Crippen LogP contribution in [-0.4, -0.2) is 6.85 Å². The van der Waals surface area contributed by atoms with Gasteiger partial charge in [-0.15, -0.1) is 11.3 Å². The molecule has 85 heavy (non-hydrogen) atoms. The summed E-state index contributed by atoms with van der Waals surface area (Å²) < 4.78 is 17.3. The van der Waals surface area contributed by atoms with E-state index >= 15 is 0 Å². The van der Waals surface area contributed by atoms with E-state index < -0.39 is 0 Å². The van der Waals surface area contributed by atoms with E-state index in [9.17, 15) is 0 Å². The molecule has 418 valence electrons. The first-order chi connectivity index (χ1) is 40.7. The third-order valence-electron chi connectivity index (χ3n) is 18.1. The van der Waals surface area contributed by atoms with Crippen LogP contribution in [0.1, 0.15) is 105 Å². The molecule has 10 aromatic carbocycles. The molecule has 0 saturated heterocycles. The van der Waals surface area contributed by atoms with E-state index in [4.69, 9.17) is 8.83 Å². The van der Waals surface area contributed by atoms with Crippen molar-refractivity contribution in [2.45, 2.75) is 105 Å². The van der Waals surface area contributed by atoms with Crippen molar-refractivity contribution in [1.29, 1.82) is 0 Å². The van der Waals surface area contributed by atoms with Crippen LogP contribution in [0.3, 0.4) is 0 Å². The maximum Gasteiger partial charge on any atom is 0.376 e. The van der Waals surface area contributed by atoms with E-state index in [1.54, 1.807) is 0 Å². The molecule has 5 nitrogen and oxygen atoms in total. The van der Waals surface area contributed by atoms with Crippen LogP contribution in [0.5, 0.6) is 0 Å². The number of hydrogen-bond donors (Lipinski definition) is 0. The van der Waals surface area contributed by atoms with Crippen molar-refractivity contribution in [3.63, 3.8) is 0 Å². The van der Waals surface area contributed by atoms with Crippen LogP contribution < -0.4 is 25.7 Å². The Morgan fingerprint density at radius 1 is 0.388 bits per heavy atom. The fraction of sp³-hybridized carbons (Fsp3) is 0.205. The summed E-state index contributed by atoms with van der Waals surface area (Å²) in [6.45, 7) is 27.1. The van der Waals surface area contributed by atoms with Gasteiger partial charge in [-0.1, -0.05) is 186 Å². The normalized spacial score (nSPS) is 13.6. The number of fused-ring (bicyclic) bond motifs is 13. The second kappa shape index (κ2) is 18.9. The van der Waals surface area contributed by atoms with Crippen LogP contribution in [0.15, 0.2) is 215 Å². The summed E-state index contributed by atoms with van der Waals surface area (Å²) in [5.41, 5.74) is 23.0. The highest BCUT2D eigenvalue weighted by atomic mass is 32.1. The molecule has 5 heterocycles. The van der Waals surface area contributed by atoms with Crippen molar-refractivity contribution in [1.82, 2.24) is 0 Å². The van der Waals surface area contributed by atoms with Gasteiger partial charge < -0.3 is 23.4 Å². The van der Waals surface area contributed by atoms with Crippen molar-refractivity contribution in [2.24, 2.45) is 0 Å². The summed E-state index contributed by atoms with van der Waals surface area (Å²) in [7, 11) is 0. The third-order valence-corrected chi connectivity index (χ3v) is 19.2. The summed E-state index contributed by atoms with van der Waals surface area (Å²) in [6.07, 6.45) is 0. The van der Waals surface area contributed by atoms with Gasteiger partial charge in [0.15, 0.2) is 5.58 Å². The van der Waals surface area contributed by atoms with Gasteiger partial charge in [0.05, 0.1) is 11.4 Å². The number of nitrogens with zero attached hydrogens (tertiary/aromatic N) is 3. The first-order valence-electron chi connectivity index (χ1n) is 30.1. The molecule has 13 aromatic rings. The molecule has 2 aliphatic rings. The number of thiophene rings is 1. The zero-order chi connectivity index (χ0) is 58.6. The zero-order valence-corrected chi connectivity index (χ0v) is 51.6. The number of anilines is 8. The summed E-state index contributed by atoms with van der Waals surface area (Å²) in [6, 6.07) is 77.4. The Balaban J connectivity index is 1.03. The Kier molecular flexibility index (Phi) is 11.8. The first kappa shape index (κ1) is 53.0. The van der Waals surface area contributed by atoms with Crippen molar-refractivity contribution in [3.05, 3.63) is 229 Å². The standard InChI is InChI=1S/C78H70BN3O2S/c1-75(2,3)49-23-31-53(32-24-49)80(54-33-25-50(26-34-54)76(4,5)6)57-39-41-68-60(43-57)61-44-59-62-45-63-58-20-16-17-21-66(58)83-73(63)72-70(62)79(82(65(59)46-69(61)85-68)56-37-29-52(30-38-56)78(10,11)12)74-71(81(72)55-35-27-51(28-36-55)77(7,8)9)64-42-48(22-40-67(64)84-74)47-18-14-13-15-19-47/h13-46H,1-12H3. The largest absolute Gasteiger partial charge is 0.466 e. The molecule has 0 spiro atoms. The van der Waals surface area contributed by atoms with Gasteiger partial charge in [-0.3, -0.25) is 0 Å². The Morgan fingerprint density at radius 3 is 1.53 bits per heavy atom. The third kappa shape index (κ3) is 8.63. The topological polar surface area (TPSA) is 36.0 Å². The fourth-order valence-electron chi connectivity index (χ4n) is 13.3. The lowest BCUT2D eigenvalue weighted by Gasteiger charge is -2.43. The number of hydrogen-bond acceptors (Lipinski definition) is 6. The molecule has 0 saturated carbocycles. The predicted molar refractivity (Wildman–Crippen MR) is 365 cm³/mol. The van der Waals surface area contributed by atoms with Gasteiger partial charge in [0, 0.05) is 76.0 Å². The molecule has 0 atom stereocenters. The minimum absolute atomic E-state index is 0.0300. The van der Waals surface area contributed by atoms with Crippen molar-refractivity contribution in [2.75, 3.05) is 14.6 Å². The number of para-hydroxylation sites is 1. The van der Waals surface area contributed by atoms with Crippen molar-refractivity contribution in [3.8, 4) is 22.3 Å². The SMILES string of the molecule is CC(C)(C)c1ccc(N2B3c4oc5ccc(-c6ccccc6)cc5c4N(c4ccc(C(C)(C)C)cc4)c4c3c(cc3c4oc4ccccc43)-c3cc4c(cc32)sc2ccc(N(c3ccc(C(C)(C)C)cc3)c3ccc(C(C)(C)C)cc3)cc24)cc1. The van der Waals surface area contributed by atoms with Gasteiger partial charge in [0.1, 0.15) is 16.8 Å². The van der Waals surface area contributed by atoms with E-state index in [0.29, 0.717) is 0 Å². The molecule has 0 bridgehead atoms. The quantitative estimate of drug-likeness (QED) is 0.155. The molecular weight excluding hydrogens is 1050 g/mol. The lowest BCUT2D eigenvalue weighted by molar-refractivity contribution is 0.590. The van der Waals surface area contributed by atoms with Gasteiger partial charge in [-0.25, -0.2) is 0 Å². The van der Waals surface area contributed by atoms with Crippen LogP contribution in [0, 0.1) is 0 Å². The summed E-state index contributed by atoms with van der Waals surface area (Å²) >= 11 is 1.87. The molecule has 0 N–H and O–H groups in total. The number of benzene rings is 10. The molecule has 0 radical (unpaired) electrons. The second-order valence-corrected chi connectivity index (χ2v) is 28.9. The molecule has 0 amide bonds. The van der Waals surface area contributed by atoms with Gasteiger partial charge in [-0.05, 0) is 169 Å². The first-order valence-corrected chi connectivity index (χ1v) is 30.9. The lowest BCUT2D eigenvalue weighted by Crippen LogP contribution is -2.61. The van der Waals surface area contributed by atoms with E-state index in [1.807, 2.05) is 11.3 Å². The highest BCUT2D eigenvalue weighted by molar-refractivity contribution is 7.25. The molecule has 7 heteroatoms. The monoisotopic (exact) mass is 1120 g/mol. The fourth-order valence-corrected chi connectivity index (χ4v) is 14.4.